The molecule has 104 valence electrons. The highest BCUT2D eigenvalue weighted by Crippen LogP contribution is 2.17. The van der Waals surface area contributed by atoms with Crippen LogP contribution in [0.25, 0.3) is 5.69 Å². The van der Waals surface area contributed by atoms with E-state index in [0.29, 0.717) is 5.69 Å². The molecule has 0 N–H and O–H groups in total. The number of benzene rings is 2. The molecule has 4 heteroatoms. The van der Waals surface area contributed by atoms with Crippen LogP contribution in [0.1, 0.15) is 5.69 Å². The van der Waals surface area contributed by atoms with Crippen molar-refractivity contribution >= 4 is 27.8 Å². The van der Waals surface area contributed by atoms with Crippen LogP contribution in [0.2, 0.25) is 0 Å². The van der Waals surface area contributed by atoms with E-state index in [2.05, 4.69) is 20.9 Å². The number of hydrogen-bond donors (Lipinski definition) is 0. The van der Waals surface area contributed by atoms with Gasteiger partial charge in [-0.3, -0.25) is 4.99 Å². The molecule has 3 aromatic rings. The van der Waals surface area contributed by atoms with E-state index < -0.39 is 0 Å². The smallest absolute Gasteiger partial charge is 0.125 e. The molecule has 0 unspecified atom stereocenters. The summed E-state index contributed by atoms with van der Waals surface area (Å²) in [6, 6.07) is 18.2. The van der Waals surface area contributed by atoms with Crippen molar-refractivity contribution in [1.82, 2.24) is 4.57 Å². The summed E-state index contributed by atoms with van der Waals surface area (Å²) in [5.74, 6) is -0.284. The zero-order chi connectivity index (χ0) is 14.7. The van der Waals surface area contributed by atoms with Gasteiger partial charge in [0.15, 0.2) is 0 Å². The van der Waals surface area contributed by atoms with Gasteiger partial charge in [0, 0.05) is 16.4 Å². The highest BCUT2D eigenvalue weighted by Gasteiger charge is 2.01. The Balaban J connectivity index is 1.91. The van der Waals surface area contributed by atoms with Crippen LogP contribution in [0.5, 0.6) is 0 Å². The van der Waals surface area contributed by atoms with Gasteiger partial charge in [0.25, 0.3) is 0 Å². The third kappa shape index (κ3) is 3.28. The summed E-state index contributed by atoms with van der Waals surface area (Å²) in [6.45, 7) is 0. The SMILES string of the molecule is Fc1cccc(N=Cc2cccn2-c2ccc(Br)cc2)c1. The predicted octanol–water partition coefficient (Wildman–Crippen LogP) is 5.13. The van der Waals surface area contributed by atoms with Crippen molar-refractivity contribution in [2.45, 2.75) is 0 Å². The molecule has 3 rings (SSSR count). The van der Waals surface area contributed by atoms with E-state index in [1.54, 1.807) is 18.3 Å². The average Bonchev–Trinajstić information content (AvgIpc) is 2.94. The van der Waals surface area contributed by atoms with E-state index >= 15 is 0 Å². The molecule has 2 nitrogen and oxygen atoms in total. The van der Waals surface area contributed by atoms with E-state index in [1.807, 2.05) is 47.2 Å². The number of aliphatic imine (C=N–C) groups is 1. The highest BCUT2D eigenvalue weighted by molar-refractivity contribution is 9.10. The van der Waals surface area contributed by atoms with Gasteiger partial charge in [-0.05, 0) is 54.6 Å². The molecule has 1 aromatic heterocycles. The first-order chi connectivity index (χ1) is 10.2. The van der Waals surface area contributed by atoms with Crippen LogP contribution in [0.4, 0.5) is 10.1 Å². The van der Waals surface area contributed by atoms with Crippen LogP contribution in [-0.2, 0) is 0 Å². The maximum atomic E-state index is 13.1. The van der Waals surface area contributed by atoms with Gasteiger partial charge >= 0.3 is 0 Å². The van der Waals surface area contributed by atoms with Gasteiger partial charge in [0.05, 0.1) is 17.6 Å². The van der Waals surface area contributed by atoms with E-state index in [1.165, 1.54) is 12.1 Å². The number of hydrogen-bond acceptors (Lipinski definition) is 1. The van der Waals surface area contributed by atoms with Gasteiger partial charge in [0.1, 0.15) is 5.82 Å². The fraction of sp³-hybridized carbons (Fsp3) is 0. The van der Waals surface area contributed by atoms with Crippen molar-refractivity contribution in [1.29, 1.82) is 0 Å². The highest BCUT2D eigenvalue weighted by atomic mass is 79.9. The first-order valence-corrected chi connectivity index (χ1v) is 7.24. The Bertz CT molecular complexity index is 775. The molecule has 0 atom stereocenters. The van der Waals surface area contributed by atoms with Crippen LogP contribution in [0.15, 0.2) is 76.3 Å². The summed E-state index contributed by atoms with van der Waals surface area (Å²) in [6.07, 6.45) is 3.70. The van der Waals surface area contributed by atoms with E-state index in [0.717, 1.165) is 15.9 Å². The Morgan fingerprint density at radius 3 is 2.57 bits per heavy atom. The van der Waals surface area contributed by atoms with E-state index in [-0.39, 0.29) is 5.82 Å². The minimum Gasteiger partial charge on any atom is -0.316 e. The van der Waals surface area contributed by atoms with Crippen LogP contribution in [-0.4, -0.2) is 10.8 Å². The standard InChI is InChI=1S/C17H12BrFN2/c18-13-6-8-16(9-7-13)21-10-2-5-17(21)12-20-15-4-1-3-14(19)11-15/h1-12H. The molecule has 0 aliphatic rings. The number of rotatable bonds is 3. The van der Waals surface area contributed by atoms with Gasteiger partial charge in [-0.15, -0.1) is 0 Å². The Labute approximate surface area is 130 Å². The molecule has 21 heavy (non-hydrogen) atoms. The summed E-state index contributed by atoms with van der Waals surface area (Å²) in [7, 11) is 0. The molecule has 1 heterocycles. The van der Waals surface area contributed by atoms with Gasteiger partial charge in [0.2, 0.25) is 0 Å². The minimum atomic E-state index is -0.284. The first kappa shape index (κ1) is 13.8. The molecule has 0 spiro atoms. The molecule has 0 fully saturated rings. The second kappa shape index (κ2) is 6.06. The molecular formula is C17H12BrFN2. The average molecular weight is 343 g/mol. The van der Waals surface area contributed by atoms with Crippen LogP contribution in [0.3, 0.4) is 0 Å². The Hall–Kier alpha value is -2.20. The Morgan fingerprint density at radius 1 is 1.00 bits per heavy atom. The zero-order valence-electron chi connectivity index (χ0n) is 11.1. The number of aromatic nitrogens is 1. The van der Waals surface area contributed by atoms with Gasteiger partial charge in [-0.25, -0.2) is 4.39 Å². The topological polar surface area (TPSA) is 17.3 Å². The second-order valence-corrected chi connectivity index (χ2v) is 5.43. The largest absolute Gasteiger partial charge is 0.316 e. The van der Waals surface area contributed by atoms with Gasteiger partial charge < -0.3 is 4.57 Å². The molecule has 0 aliphatic heterocycles. The lowest BCUT2D eigenvalue weighted by Gasteiger charge is -2.06. The van der Waals surface area contributed by atoms with Crippen molar-refractivity contribution in [3.8, 4) is 5.69 Å². The summed E-state index contributed by atoms with van der Waals surface area (Å²) in [5.41, 5.74) is 2.57. The van der Waals surface area contributed by atoms with Gasteiger partial charge in [-0.2, -0.15) is 0 Å². The number of halogens is 2. The van der Waals surface area contributed by atoms with Gasteiger partial charge in [-0.1, -0.05) is 22.0 Å². The Kier molecular flexibility index (Phi) is 3.97. The van der Waals surface area contributed by atoms with Crippen molar-refractivity contribution < 1.29 is 4.39 Å². The third-order valence-electron chi connectivity index (χ3n) is 3.04. The summed E-state index contributed by atoms with van der Waals surface area (Å²) in [4.78, 5) is 4.32. The Morgan fingerprint density at radius 2 is 1.81 bits per heavy atom. The summed E-state index contributed by atoms with van der Waals surface area (Å²) < 4.78 is 16.2. The molecule has 0 saturated carbocycles. The van der Waals surface area contributed by atoms with Crippen molar-refractivity contribution in [3.63, 3.8) is 0 Å². The fourth-order valence-corrected chi connectivity index (χ4v) is 2.30. The molecule has 2 aromatic carbocycles. The maximum Gasteiger partial charge on any atom is 0.125 e. The molecule has 0 aliphatic carbocycles. The lowest BCUT2D eigenvalue weighted by atomic mass is 10.3. The summed E-state index contributed by atoms with van der Waals surface area (Å²) >= 11 is 3.42. The molecular weight excluding hydrogens is 331 g/mol. The summed E-state index contributed by atoms with van der Waals surface area (Å²) in [5, 5.41) is 0. The molecule has 0 amide bonds. The third-order valence-corrected chi connectivity index (χ3v) is 3.57. The zero-order valence-corrected chi connectivity index (χ0v) is 12.7. The maximum absolute atomic E-state index is 13.1. The van der Waals surface area contributed by atoms with Crippen LogP contribution < -0.4 is 0 Å². The van der Waals surface area contributed by atoms with Crippen molar-refractivity contribution in [2.24, 2.45) is 4.99 Å². The fourth-order valence-electron chi connectivity index (χ4n) is 2.03. The lowest BCUT2D eigenvalue weighted by molar-refractivity contribution is 0.628. The molecule has 0 bridgehead atoms. The van der Waals surface area contributed by atoms with Crippen LogP contribution >= 0.6 is 15.9 Å². The molecule has 0 saturated heterocycles. The second-order valence-electron chi connectivity index (χ2n) is 4.52. The van der Waals surface area contributed by atoms with Crippen molar-refractivity contribution in [2.75, 3.05) is 0 Å². The van der Waals surface area contributed by atoms with E-state index in [9.17, 15) is 4.39 Å². The number of nitrogens with zero attached hydrogens (tertiary/aromatic N) is 2. The lowest BCUT2D eigenvalue weighted by Crippen LogP contribution is -1.97. The molecule has 0 radical (unpaired) electrons. The first-order valence-electron chi connectivity index (χ1n) is 6.45. The quantitative estimate of drug-likeness (QED) is 0.587. The monoisotopic (exact) mass is 342 g/mol. The van der Waals surface area contributed by atoms with E-state index in [4.69, 9.17) is 0 Å². The normalized spacial score (nSPS) is 11.1. The van der Waals surface area contributed by atoms with Crippen LogP contribution in [0, 0.1) is 5.82 Å². The minimum absolute atomic E-state index is 0.284. The predicted molar refractivity (Wildman–Crippen MR) is 87.1 cm³/mol. The van der Waals surface area contributed by atoms with Crippen molar-refractivity contribution in [3.05, 3.63) is 82.8 Å².